The fourth-order valence-corrected chi connectivity index (χ4v) is 2.97. The Morgan fingerprint density at radius 2 is 1.41 bits per heavy atom. The van der Waals surface area contributed by atoms with E-state index in [1.54, 1.807) is 31.2 Å². The molecule has 0 aliphatic carbocycles. The lowest BCUT2D eigenvalue weighted by molar-refractivity contribution is 0.0319. The summed E-state index contributed by atoms with van der Waals surface area (Å²) in [5.41, 5.74) is 2.16. The topological polar surface area (TPSA) is 43.4 Å². The first-order chi connectivity index (χ1) is 12.8. The average molecular weight is 360 g/mol. The normalized spacial score (nSPS) is 12.6. The van der Waals surface area contributed by atoms with Gasteiger partial charge in [-0.15, -0.1) is 0 Å². The summed E-state index contributed by atoms with van der Waals surface area (Å²) in [6.07, 6.45) is -0.843. The summed E-state index contributed by atoms with van der Waals surface area (Å²) in [5, 5.41) is 2.01. The van der Waals surface area contributed by atoms with Crippen LogP contribution in [0.1, 0.15) is 54.0 Å². The van der Waals surface area contributed by atoms with Gasteiger partial charge in [0.2, 0.25) is 5.78 Å². The zero-order valence-electron chi connectivity index (χ0n) is 16.2. The Kier molecular flexibility index (Phi) is 5.13. The molecule has 3 rings (SSSR count). The van der Waals surface area contributed by atoms with Crippen molar-refractivity contribution >= 4 is 22.5 Å². The van der Waals surface area contributed by atoms with Crippen molar-refractivity contribution in [3.05, 3.63) is 83.4 Å². The molecular formula is C24H24O3. The molecule has 0 aliphatic rings. The van der Waals surface area contributed by atoms with Gasteiger partial charge >= 0.3 is 5.97 Å². The molecule has 0 bridgehead atoms. The molecule has 3 aromatic carbocycles. The number of hydrogen-bond donors (Lipinski definition) is 0. The summed E-state index contributed by atoms with van der Waals surface area (Å²) >= 11 is 0. The standard InChI is InChI=1S/C24H24O3/c1-16(22(25)18-11-13-21(14-12-18)24(2,3)4)27-23(26)20-10-9-17-7-5-6-8-19(17)15-20/h5-16H,1-4H3/t16-/m0/s1. The first kappa shape index (κ1) is 18.8. The number of benzene rings is 3. The fourth-order valence-electron chi connectivity index (χ4n) is 2.97. The summed E-state index contributed by atoms with van der Waals surface area (Å²) in [6.45, 7) is 7.98. The first-order valence-electron chi connectivity index (χ1n) is 9.10. The van der Waals surface area contributed by atoms with Crippen LogP contribution in [0.3, 0.4) is 0 Å². The van der Waals surface area contributed by atoms with E-state index in [2.05, 4.69) is 20.8 Å². The number of ether oxygens (including phenoxy) is 1. The molecule has 0 amide bonds. The van der Waals surface area contributed by atoms with Crippen LogP contribution in [0.2, 0.25) is 0 Å². The van der Waals surface area contributed by atoms with E-state index in [0.29, 0.717) is 11.1 Å². The molecule has 1 atom stereocenters. The molecule has 0 aliphatic heterocycles. The molecular weight excluding hydrogens is 336 g/mol. The van der Waals surface area contributed by atoms with Crippen molar-refractivity contribution < 1.29 is 14.3 Å². The van der Waals surface area contributed by atoms with Gasteiger partial charge in [0.15, 0.2) is 6.10 Å². The molecule has 27 heavy (non-hydrogen) atoms. The van der Waals surface area contributed by atoms with Gasteiger partial charge in [-0.2, -0.15) is 0 Å². The molecule has 0 saturated heterocycles. The minimum absolute atomic E-state index is 0.0236. The highest BCUT2D eigenvalue weighted by molar-refractivity contribution is 6.02. The van der Waals surface area contributed by atoms with Crippen LogP contribution in [0.25, 0.3) is 10.8 Å². The molecule has 0 saturated carbocycles. The minimum Gasteiger partial charge on any atom is -0.451 e. The van der Waals surface area contributed by atoms with Crippen molar-refractivity contribution in [2.75, 3.05) is 0 Å². The number of carbonyl (C=O) groups is 2. The summed E-state index contributed by atoms with van der Waals surface area (Å²) < 4.78 is 5.41. The number of esters is 1. The molecule has 3 aromatic rings. The maximum atomic E-state index is 12.6. The molecule has 0 N–H and O–H groups in total. The van der Waals surface area contributed by atoms with E-state index in [-0.39, 0.29) is 11.2 Å². The largest absolute Gasteiger partial charge is 0.451 e. The third-order valence-corrected chi connectivity index (χ3v) is 4.67. The van der Waals surface area contributed by atoms with E-state index in [1.807, 2.05) is 42.5 Å². The van der Waals surface area contributed by atoms with Crippen LogP contribution >= 0.6 is 0 Å². The average Bonchev–Trinajstić information content (AvgIpc) is 2.66. The van der Waals surface area contributed by atoms with Gasteiger partial charge in [0.1, 0.15) is 0 Å². The molecule has 3 nitrogen and oxygen atoms in total. The van der Waals surface area contributed by atoms with Crippen LogP contribution in [0, 0.1) is 0 Å². The van der Waals surface area contributed by atoms with Gasteiger partial charge in [-0.25, -0.2) is 4.79 Å². The van der Waals surface area contributed by atoms with Crippen molar-refractivity contribution in [3.8, 4) is 0 Å². The first-order valence-corrected chi connectivity index (χ1v) is 9.10. The lowest BCUT2D eigenvalue weighted by atomic mass is 9.86. The fraction of sp³-hybridized carbons (Fsp3) is 0.250. The quantitative estimate of drug-likeness (QED) is 0.451. The second kappa shape index (κ2) is 7.36. The van der Waals surface area contributed by atoms with Crippen molar-refractivity contribution in [3.63, 3.8) is 0 Å². The van der Waals surface area contributed by atoms with E-state index >= 15 is 0 Å². The van der Waals surface area contributed by atoms with Crippen molar-refractivity contribution in [2.24, 2.45) is 0 Å². The monoisotopic (exact) mass is 360 g/mol. The van der Waals surface area contributed by atoms with Crippen LogP contribution in [-0.2, 0) is 10.2 Å². The predicted molar refractivity (Wildman–Crippen MR) is 108 cm³/mol. The van der Waals surface area contributed by atoms with Crippen molar-refractivity contribution in [2.45, 2.75) is 39.2 Å². The Bertz CT molecular complexity index is 978. The highest BCUT2D eigenvalue weighted by atomic mass is 16.5. The Labute approximate surface area is 160 Å². The second-order valence-electron chi connectivity index (χ2n) is 7.80. The lowest BCUT2D eigenvalue weighted by Gasteiger charge is -2.19. The molecule has 138 valence electrons. The third-order valence-electron chi connectivity index (χ3n) is 4.67. The third kappa shape index (κ3) is 4.25. The van der Waals surface area contributed by atoms with Crippen LogP contribution in [-0.4, -0.2) is 17.9 Å². The molecule has 0 unspecified atom stereocenters. The summed E-state index contributed by atoms with van der Waals surface area (Å²) in [4.78, 5) is 25.1. The summed E-state index contributed by atoms with van der Waals surface area (Å²) in [6, 6.07) is 20.7. The van der Waals surface area contributed by atoms with Crippen LogP contribution in [0.5, 0.6) is 0 Å². The van der Waals surface area contributed by atoms with Gasteiger partial charge in [0, 0.05) is 5.56 Å². The lowest BCUT2D eigenvalue weighted by Crippen LogP contribution is -2.24. The van der Waals surface area contributed by atoms with Crippen LogP contribution < -0.4 is 0 Å². The summed E-state index contributed by atoms with van der Waals surface area (Å²) in [7, 11) is 0. The maximum absolute atomic E-state index is 12.6. The highest BCUT2D eigenvalue weighted by Gasteiger charge is 2.21. The van der Waals surface area contributed by atoms with E-state index in [1.165, 1.54) is 0 Å². The number of hydrogen-bond acceptors (Lipinski definition) is 3. The summed E-state index contributed by atoms with van der Waals surface area (Å²) in [5.74, 6) is -0.697. The predicted octanol–water partition coefficient (Wildman–Crippen LogP) is 5.57. The second-order valence-corrected chi connectivity index (χ2v) is 7.80. The van der Waals surface area contributed by atoms with E-state index in [9.17, 15) is 9.59 Å². The number of rotatable bonds is 4. The molecule has 0 aromatic heterocycles. The number of ketones is 1. The zero-order valence-corrected chi connectivity index (χ0v) is 16.2. The number of carbonyl (C=O) groups excluding carboxylic acids is 2. The van der Waals surface area contributed by atoms with E-state index in [4.69, 9.17) is 4.74 Å². The molecule has 0 heterocycles. The van der Waals surface area contributed by atoms with Crippen molar-refractivity contribution in [1.29, 1.82) is 0 Å². The maximum Gasteiger partial charge on any atom is 0.338 e. The Morgan fingerprint density at radius 3 is 2.04 bits per heavy atom. The van der Waals surface area contributed by atoms with E-state index in [0.717, 1.165) is 16.3 Å². The van der Waals surface area contributed by atoms with Gasteiger partial charge < -0.3 is 4.74 Å². The SMILES string of the molecule is C[C@H](OC(=O)c1ccc2ccccc2c1)C(=O)c1ccc(C(C)(C)C)cc1. The van der Waals surface area contributed by atoms with Gasteiger partial charge in [0.05, 0.1) is 5.56 Å². The van der Waals surface area contributed by atoms with E-state index < -0.39 is 12.1 Å². The van der Waals surface area contributed by atoms with Gasteiger partial charge in [-0.1, -0.05) is 75.4 Å². The number of Topliss-reactive ketones (excluding diaryl/α,β-unsaturated/α-hetero) is 1. The minimum atomic E-state index is -0.843. The van der Waals surface area contributed by atoms with Gasteiger partial charge in [0.25, 0.3) is 0 Å². The van der Waals surface area contributed by atoms with Crippen molar-refractivity contribution in [1.82, 2.24) is 0 Å². The van der Waals surface area contributed by atoms with Crippen LogP contribution in [0.4, 0.5) is 0 Å². The molecule has 3 heteroatoms. The van der Waals surface area contributed by atoms with Gasteiger partial charge in [-0.05, 0) is 40.8 Å². The molecule has 0 spiro atoms. The smallest absolute Gasteiger partial charge is 0.338 e. The highest BCUT2D eigenvalue weighted by Crippen LogP contribution is 2.23. The molecule has 0 fully saturated rings. The Hall–Kier alpha value is -2.94. The zero-order chi connectivity index (χ0) is 19.6. The van der Waals surface area contributed by atoms with Crippen LogP contribution in [0.15, 0.2) is 66.7 Å². The van der Waals surface area contributed by atoms with Gasteiger partial charge in [-0.3, -0.25) is 4.79 Å². The Balaban J connectivity index is 1.72. The molecule has 0 radical (unpaired) electrons. The Morgan fingerprint density at radius 1 is 0.815 bits per heavy atom. The number of fused-ring (bicyclic) bond motifs is 1.